The zero-order chi connectivity index (χ0) is 10.4. The molecule has 0 atom stereocenters. The van der Waals surface area contributed by atoms with E-state index in [1.54, 1.807) is 0 Å². The number of ether oxygens (including phenoxy) is 1. The molecule has 4 aliphatic rings. The van der Waals surface area contributed by atoms with E-state index >= 15 is 0 Å². The molecule has 0 aromatic rings. The summed E-state index contributed by atoms with van der Waals surface area (Å²) in [5, 5.41) is 0. The van der Waals surface area contributed by atoms with Gasteiger partial charge in [0.05, 0.1) is 12.7 Å². The largest absolute Gasteiger partial charge is 0.373 e. The number of hydrogen-bond acceptors (Lipinski definition) is 1. The maximum atomic E-state index is 6.08. The number of rotatable bonds is 3. The van der Waals surface area contributed by atoms with Crippen LogP contribution in [0.2, 0.25) is 0 Å². The first-order valence-electron chi connectivity index (χ1n) is 6.48. The third kappa shape index (κ3) is 1.75. The van der Waals surface area contributed by atoms with Crippen molar-refractivity contribution >= 4 is 0 Å². The van der Waals surface area contributed by atoms with Gasteiger partial charge in [0.2, 0.25) is 0 Å². The molecule has 4 fully saturated rings. The van der Waals surface area contributed by atoms with Gasteiger partial charge in [0.1, 0.15) is 0 Å². The van der Waals surface area contributed by atoms with Gasteiger partial charge >= 0.3 is 0 Å². The summed E-state index contributed by atoms with van der Waals surface area (Å²) >= 11 is 0. The van der Waals surface area contributed by atoms with Gasteiger partial charge in [-0.2, -0.15) is 0 Å². The third-order valence-corrected chi connectivity index (χ3v) is 4.66. The van der Waals surface area contributed by atoms with Crippen molar-refractivity contribution in [3.63, 3.8) is 0 Å². The van der Waals surface area contributed by atoms with Crippen molar-refractivity contribution in [3.05, 3.63) is 12.2 Å². The molecule has 0 amide bonds. The molecule has 0 radical (unpaired) electrons. The first-order valence-corrected chi connectivity index (χ1v) is 6.48. The van der Waals surface area contributed by atoms with Gasteiger partial charge in [-0.15, -0.1) is 0 Å². The summed E-state index contributed by atoms with van der Waals surface area (Å²) in [5.41, 5.74) is 1.17. The van der Waals surface area contributed by atoms with Gasteiger partial charge in [-0.3, -0.25) is 0 Å². The van der Waals surface area contributed by atoms with Crippen molar-refractivity contribution in [2.45, 2.75) is 45.1 Å². The summed E-state index contributed by atoms with van der Waals surface area (Å²) in [6.07, 6.45) is 7.92. The molecule has 0 heterocycles. The first kappa shape index (κ1) is 9.89. The maximum absolute atomic E-state index is 6.08. The van der Waals surface area contributed by atoms with E-state index in [4.69, 9.17) is 4.74 Å². The van der Waals surface area contributed by atoms with Gasteiger partial charge < -0.3 is 4.74 Å². The van der Waals surface area contributed by atoms with Crippen molar-refractivity contribution < 1.29 is 4.74 Å². The van der Waals surface area contributed by atoms with E-state index < -0.39 is 0 Å². The highest BCUT2D eigenvalue weighted by molar-refractivity contribution is 5.00. The highest BCUT2D eigenvalue weighted by Gasteiger charge is 2.48. The van der Waals surface area contributed by atoms with Crippen LogP contribution in [0.1, 0.15) is 39.0 Å². The minimum absolute atomic E-state index is 0.578. The zero-order valence-corrected chi connectivity index (χ0v) is 9.74. The summed E-state index contributed by atoms with van der Waals surface area (Å²) < 4.78 is 6.08. The summed E-state index contributed by atoms with van der Waals surface area (Å²) in [6, 6.07) is 0. The molecule has 0 aliphatic heterocycles. The van der Waals surface area contributed by atoms with Gasteiger partial charge in [0.25, 0.3) is 0 Å². The van der Waals surface area contributed by atoms with Gasteiger partial charge in [-0.05, 0) is 62.7 Å². The van der Waals surface area contributed by atoms with Crippen LogP contribution in [0.4, 0.5) is 0 Å². The predicted octanol–water partition coefficient (Wildman–Crippen LogP) is 3.40. The normalized spacial score (nSPS) is 47.1. The summed E-state index contributed by atoms with van der Waals surface area (Å²) in [5.74, 6) is 3.88. The minimum atomic E-state index is 0.578. The molecule has 0 saturated heterocycles. The van der Waals surface area contributed by atoms with Crippen molar-refractivity contribution in [2.75, 3.05) is 6.61 Å². The average Bonchev–Trinajstić information content (AvgIpc) is 2.14. The molecule has 4 rings (SSSR count). The maximum Gasteiger partial charge on any atom is 0.0675 e. The molecule has 1 nitrogen and oxygen atoms in total. The molecular formula is C14H22O. The monoisotopic (exact) mass is 206 g/mol. The molecule has 0 aromatic heterocycles. The summed E-state index contributed by atoms with van der Waals surface area (Å²) in [4.78, 5) is 0. The SMILES string of the molecule is C=C(C)COC1C2CC3CC(C2)CC1C3. The van der Waals surface area contributed by atoms with Gasteiger partial charge in [0.15, 0.2) is 0 Å². The van der Waals surface area contributed by atoms with Crippen LogP contribution in [0, 0.1) is 23.7 Å². The van der Waals surface area contributed by atoms with Crippen molar-refractivity contribution in [1.82, 2.24) is 0 Å². The molecule has 84 valence electrons. The molecule has 1 heteroatoms. The van der Waals surface area contributed by atoms with E-state index in [0.29, 0.717) is 6.10 Å². The van der Waals surface area contributed by atoms with E-state index in [0.717, 1.165) is 30.3 Å². The Hall–Kier alpha value is -0.300. The fraction of sp³-hybridized carbons (Fsp3) is 0.857. The quantitative estimate of drug-likeness (QED) is 0.643. The first-order chi connectivity index (χ1) is 7.22. The molecule has 0 N–H and O–H groups in total. The summed E-state index contributed by atoms with van der Waals surface area (Å²) in [7, 11) is 0. The molecule has 15 heavy (non-hydrogen) atoms. The lowest BCUT2D eigenvalue weighted by Gasteiger charge is -2.54. The fourth-order valence-electron chi connectivity index (χ4n) is 4.39. The standard InChI is InChI=1S/C14H22O/c1-9(2)8-15-14-12-4-10-3-11(6-12)7-13(14)5-10/h10-14H,1,3-8H2,2H3. The van der Waals surface area contributed by atoms with Crippen molar-refractivity contribution in [1.29, 1.82) is 0 Å². The molecule has 0 unspecified atom stereocenters. The van der Waals surface area contributed by atoms with E-state index in [9.17, 15) is 0 Å². The Morgan fingerprint density at radius 1 is 1.07 bits per heavy atom. The van der Waals surface area contributed by atoms with Crippen LogP contribution in [0.15, 0.2) is 12.2 Å². The Morgan fingerprint density at radius 3 is 2.07 bits per heavy atom. The number of hydrogen-bond donors (Lipinski definition) is 0. The Bertz CT molecular complexity index is 241. The molecule has 4 aliphatic carbocycles. The van der Waals surface area contributed by atoms with Crippen LogP contribution in [-0.2, 0) is 4.74 Å². The van der Waals surface area contributed by atoms with Crippen LogP contribution < -0.4 is 0 Å². The van der Waals surface area contributed by atoms with Gasteiger partial charge in [-0.1, -0.05) is 12.2 Å². The van der Waals surface area contributed by atoms with Gasteiger partial charge in [0, 0.05) is 0 Å². The highest BCUT2D eigenvalue weighted by atomic mass is 16.5. The molecule has 0 spiro atoms. The second-order valence-corrected chi connectivity index (χ2v) is 6.16. The topological polar surface area (TPSA) is 9.23 Å². The lowest BCUT2D eigenvalue weighted by atomic mass is 9.55. The third-order valence-electron chi connectivity index (χ3n) is 4.66. The Balaban J connectivity index is 1.67. The van der Waals surface area contributed by atoms with Crippen molar-refractivity contribution in [2.24, 2.45) is 23.7 Å². The van der Waals surface area contributed by atoms with E-state index in [-0.39, 0.29) is 0 Å². The molecule has 4 bridgehead atoms. The van der Waals surface area contributed by atoms with Crippen LogP contribution in [0.5, 0.6) is 0 Å². The predicted molar refractivity (Wildman–Crippen MR) is 61.6 cm³/mol. The second kappa shape index (κ2) is 3.62. The van der Waals surface area contributed by atoms with Crippen LogP contribution >= 0.6 is 0 Å². The lowest BCUT2D eigenvalue weighted by Crippen LogP contribution is -2.49. The Morgan fingerprint density at radius 2 is 1.60 bits per heavy atom. The van der Waals surface area contributed by atoms with E-state index in [2.05, 4.69) is 13.5 Å². The van der Waals surface area contributed by atoms with Crippen LogP contribution in [0.25, 0.3) is 0 Å². The molecular weight excluding hydrogens is 184 g/mol. The lowest BCUT2D eigenvalue weighted by molar-refractivity contribution is -0.121. The van der Waals surface area contributed by atoms with E-state index in [1.165, 1.54) is 37.7 Å². The molecule has 0 aromatic carbocycles. The Labute approximate surface area is 92.9 Å². The van der Waals surface area contributed by atoms with E-state index in [1.807, 2.05) is 0 Å². The minimum Gasteiger partial charge on any atom is -0.373 e. The highest BCUT2D eigenvalue weighted by Crippen LogP contribution is 2.54. The van der Waals surface area contributed by atoms with Crippen LogP contribution in [-0.4, -0.2) is 12.7 Å². The molecule has 4 saturated carbocycles. The summed E-state index contributed by atoms with van der Waals surface area (Å²) in [6.45, 7) is 6.78. The smallest absolute Gasteiger partial charge is 0.0675 e. The van der Waals surface area contributed by atoms with Crippen molar-refractivity contribution in [3.8, 4) is 0 Å². The second-order valence-electron chi connectivity index (χ2n) is 6.16. The van der Waals surface area contributed by atoms with Gasteiger partial charge in [-0.25, -0.2) is 0 Å². The average molecular weight is 206 g/mol. The fourth-order valence-corrected chi connectivity index (χ4v) is 4.39. The van der Waals surface area contributed by atoms with Crippen LogP contribution in [0.3, 0.4) is 0 Å². The Kier molecular flexibility index (Phi) is 2.39. The zero-order valence-electron chi connectivity index (χ0n) is 9.74.